The molecule has 3 amide bonds. The normalized spacial score (nSPS) is 20.0. The van der Waals surface area contributed by atoms with Gasteiger partial charge in [0.15, 0.2) is 17.2 Å². The summed E-state index contributed by atoms with van der Waals surface area (Å²) in [6.45, 7) is 0.489. The van der Waals surface area contributed by atoms with Gasteiger partial charge in [-0.25, -0.2) is 9.59 Å². The fourth-order valence-corrected chi connectivity index (χ4v) is 9.82. The molecule has 1 aliphatic carbocycles. The predicted octanol–water partition coefficient (Wildman–Crippen LogP) is 5.11. The van der Waals surface area contributed by atoms with Crippen LogP contribution in [-0.2, 0) is 20.7 Å². The van der Waals surface area contributed by atoms with Crippen LogP contribution in [0.15, 0.2) is 29.1 Å². The number of urea groups is 1. The summed E-state index contributed by atoms with van der Waals surface area (Å²) in [5.74, 6) is 3.53. The van der Waals surface area contributed by atoms with Crippen LogP contribution in [0.4, 0.5) is 9.59 Å². The molecule has 4 atom stereocenters. The molecule has 0 radical (unpaired) electrons. The van der Waals surface area contributed by atoms with E-state index in [1.165, 1.54) is 24.0 Å². The van der Waals surface area contributed by atoms with Gasteiger partial charge >= 0.3 is 18.1 Å². The van der Waals surface area contributed by atoms with Crippen molar-refractivity contribution < 1.29 is 42.8 Å². The lowest BCUT2D eigenvalue weighted by Crippen LogP contribution is -2.36. The molecule has 2 aromatic rings. The van der Waals surface area contributed by atoms with Gasteiger partial charge in [-0.3, -0.25) is 9.59 Å². The van der Waals surface area contributed by atoms with Gasteiger partial charge in [-0.05, 0) is 60.6 Å². The summed E-state index contributed by atoms with van der Waals surface area (Å²) >= 11 is 1.88. The zero-order valence-electron chi connectivity index (χ0n) is 29.2. The second-order valence-corrected chi connectivity index (χ2v) is 16.0. The van der Waals surface area contributed by atoms with E-state index < -0.39 is 12.1 Å². The topological polar surface area (TPSA) is 160 Å². The smallest absolute Gasteiger partial charge is 0.407 e. The SMILES string of the molecule is COc1cc2c(c(OC)c1OC)CC[C@H](NC(=O)OCCSSCCOC(=O)CCCC[C@@H]1SC[C@@H]3NC(=O)N[C@@H]31)c1cc(=O)c(OC)ccc1-2. The maximum absolute atomic E-state index is 13.0. The Morgan fingerprint density at radius 3 is 2.35 bits per heavy atom. The third kappa shape index (κ3) is 9.63. The molecule has 13 nitrogen and oxygen atoms in total. The van der Waals surface area contributed by atoms with Crippen molar-refractivity contribution in [3.8, 4) is 34.1 Å². The van der Waals surface area contributed by atoms with E-state index in [9.17, 15) is 19.2 Å². The maximum Gasteiger partial charge on any atom is 0.407 e. The third-order valence-corrected chi connectivity index (χ3v) is 12.8. The lowest BCUT2D eigenvalue weighted by molar-refractivity contribution is -0.143. The average Bonchev–Trinajstić information content (AvgIpc) is 3.58. The van der Waals surface area contributed by atoms with Crippen LogP contribution in [0, 0.1) is 0 Å². The molecule has 278 valence electrons. The molecule has 0 spiro atoms. The van der Waals surface area contributed by atoms with E-state index in [0.717, 1.165) is 41.7 Å². The zero-order chi connectivity index (χ0) is 36.3. The number of esters is 1. The first-order valence-corrected chi connectivity index (χ1v) is 20.4. The number of thioether (sulfide) groups is 1. The standard InChI is InChI=1S/C35H45N3O10S3/c1-43-27-12-10-20-22-18-28(44-2)33(46-4)32(45-3)21(22)9-11-24(23(20)17-26(27)39)37-35(42)48-14-16-51-50-15-13-47-30(40)8-6-5-7-29-31-25(19-49-29)36-34(41)38-31/h10,12,17-18,24-25,29,31H,5-9,11,13-16,19H2,1-4H3,(H,37,42)(H2,36,38,41)/t24-,25-,29-,31-/m0/s1. The molecule has 2 aliphatic heterocycles. The molecule has 16 heteroatoms. The second-order valence-electron chi connectivity index (χ2n) is 12.1. The molecule has 2 aromatic carbocycles. The molecule has 2 fully saturated rings. The fourth-order valence-electron chi connectivity index (χ4n) is 6.62. The van der Waals surface area contributed by atoms with Crippen LogP contribution in [0.5, 0.6) is 23.0 Å². The van der Waals surface area contributed by atoms with Crippen molar-refractivity contribution in [2.75, 3.05) is 58.9 Å². The van der Waals surface area contributed by atoms with E-state index in [1.54, 1.807) is 44.3 Å². The summed E-state index contributed by atoms with van der Waals surface area (Å²) in [5.41, 5.74) is 2.69. The van der Waals surface area contributed by atoms with Crippen molar-refractivity contribution in [3.63, 3.8) is 0 Å². The highest BCUT2D eigenvalue weighted by Gasteiger charge is 2.42. The van der Waals surface area contributed by atoms with Gasteiger partial charge in [0.05, 0.1) is 46.6 Å². The van der Waals surface area contributed by atoms with E-state index in [0.29, 0.717) is 65.4 Å². The first kappa shape index (κ1) is 38.6. The summed E-state index contributed by atoms with van der Waals surface area (Å²) in [6.07, 6.45) is 3.41. The quantitative estimate of drug-likeness (QED) is 0.0845. The van der Waals surface area contributed by atoms with Gasteiger partial charge in [-0.15, -0.1) is 0 Å². The number of hydrogen-bond donors (Lipinski definition) is 3. The number of unbranched alkanes of at least 4 members (excludes halogenated alkanes) is 1. The molecule has 3 aliphatic rings. The first-order valence-electron chi connectivity index (χ1n) is 16.8. The van der Waals surface area contributed by atoms with Crippen LogP contribution in [0.25, 0.3) is 11.1 Å². The van der Waals surface area contributed by atoms with Crippen molar-refractivity contribution in [2.24, 2.45) is 0 Å². The Morgan fingerprint density at radius 1 is 0.882 bits per heavy atom. The van der Waals surface area contributed by atoms with Gasteiger partial charge in [0.1, 0.15) is 13.2 Å². The van der Waals surface area contributed by atoms with E-state index in [1.807, 2.05) is 17.8 Å². The number of hydrogen-bond acceptors (Lipinski definition) is 13. The summed E-state index contributed by atoms with van der Waals surface area (Å²) in [6, 6.07) is 6.55. The lowest BCUT2D eigenvalue weighted by Gasteiger charge is -2.18. The number of carbonyl (C=O) groups is 3. The van der Waals surface area contributed by atoms with Gasteiger partial charge in [-0.1, -0.05) is 34.1 Å². The van der Waals surface area contributed by atoms with E-state index in [2.05, 4.69) is 16.0 Å². The van der Waals surface area contributed by atoms with Crippen LogP contribution in [0.2, 0.25) is 0 Å². The Balaban J connectivity index is 1.04. The first-order chi connectivity index (χ1) is 24.8. The summed E-state index contributed by atoms with van der Waals surface area (Å²) < 4.78 is 33.2. The van der Waals surface area contributed by atoms with Crippen LogP contribution >= 0.6 is 33.3 Å². The monoisotopic (exact) mass is 763 g/mol. The van der Waals surface area contributed by atoms with Crippen molar-refractivity contribution in [2.45, 2.75) is 61.9 Å². The lowest BCUT2D eigenvalue weighted by atomic mass is 9.96. The highest BCUT2D eigenvalue weighted by atomic mass is 33.1. The summed E-state index contributed by atoms with van der Waals surface area (Å²) in [4.78, 5) is 49.7. The Morgan fingerprint density at radius 2 is 1.63 bits per heavy atom. The van der Waals surface area contributed by atoms with Crippen LogP contribution in [0.1, 0.15) is 49.3 Å². The third-order valence-electron chi connectivity index (χ3n) is 9.01. The van der Waals surface area contributed by atoms with Gasteiger partial charge in [0.25, 0.3) is 0 Å². The molecule has 3 N–H and O–H groups in total. The summed E-state index contributed by atoms with van der Waals surface area (Å²) in [5, 5.41) is 9.29. The Bertz CT molecular complexity index is 1630. The Hall–Kier alpha value is -3.63. The number of benzene rings is 1. The number of methoxy groups -OCH3 is 4. The van der Waals surface area contributed by atoms with Crippen molar-refractivity contribution >= 4 is 51.4 Å². The molecule has 2 heterocycles. The average molecular weight is 764 g/mol. The Labute approximate surface area is 309 Å². The van der Waals surface area contributed by atoms with Gasteiger partial charge in [-0.2, -0.15) is 11.8 Å². The van der Waals surface area contributed by atoms with Crippen LogP contribution < -0.4 is 40.3 Å². The minimum Gasteiger partial charge on any atom is -0.493 e. The highest BCUT2D eigenvalue weighted by molar-refractivity contribution is 8.76. The number of alkyl carbamates (subject to hydrolysis) is 1. The second kappa shape index (κ2) is 18.7. The van der Waals surface area contributed by atoms with Crippen molar-refractivity contribution in [1.29, 1.82) is 0 Å². The number of carbonyl (C=O) groups excluding carboxylic acids is 3. The van der Waals surface area contributed by atoms with Gasteiger partial charge in [0.2, 0.25) is 11.2 Å². The number of ether oxygens (including phenoxy) is 6. The minimum absolute atomic E-state index is 0.0837. The number of fused-ring (bicyclic) bond motifs is 4. The Kier molecular flexibility index (Phi) is 14.2. The minimum atomic E-state index is -0.597. The molecule has 0 saturated carbocycles. The molecular formula is C35H45N3O10S3. The number of rotatable bonds is 17. The van der Waals surface area contributed by atoms with E-state index in [4.69, 9.17) is 28.4 Å². The van der Waals surface area contributed by atoms with Crippen LogP contribution in [0.3, 0.4) is 0 Å². The highest BCUT2D eigenvalue weighted by Crippen LogP contribution is 2.49. The molecule has 2 saturated heterocycles. The summed E-state index contributed by atoms with van der Waals surface area (Å²) in [7, 11) is 9.16. The fraction of sp³-hybridized carbons (Fsp3) is 0.543. The maximum atomic E-state index is 13.0. The predicted molar refractivity (Wildman–Crippen MR) is 200 cm³/mol. The molecule has 5 rings (SSSR count). The zero-order valence-corrected chi connectivity index (χ0v) is 31.7. The largest absolute Gasteiger partial charge is 0.493 e. The van der Waals surface area contributed by atoms with E-state index >= 15 is 0 Å². The number of nitrogens with one attached hydrogen (secondary N) is 3. The number of amides is 3. The van der Waals surface area contributed by atoms with Gasteiger partial charge < -0.3 is 44.4 Å². The molecule has 0 aromatic heterocycles. The molecule has 51 heavy (non-hydrogen) atoms. The van der Waals surface area contributed by atoms with Crippen molar-refractivity contribution in [1.82, 2.24) is 16.0 Å². The van der Waals surface area contributed by atoms with Crippen molar-refractivity contribution in [3.05, 3.63) is 45.6 Å². The van der Waals surface area contributed by atoms with Crippen LogP contribution in [-0.4, -0.2) is 94.3 Å². The molecule has 0 unspecified atom stereocenters. The van der Waals surface area contributed by atoms with Gasteiger partial charge in [0, 0.05) is 34.5 Å². The van der Waals surface area contributed by atoms with E-state index in [-0.39, 0.29) is 41.9 Å². The molecular weight excluding hydrogens is 719 g/mol. The molecule has 0 bridgehead atoms.